The van der Waals surface area contributed by atoms with E-state index in [0.29, 0.717) is 13.0 Å². The number of rotatable bonds is 0. The zero-order valence-corrected chi connectivity index (χ0v) is 11.9. The molecule has 19 heavy (non-hydrogen) atoms. The van der Waals surface area contributed by atoms with E-state index in [-0.39, 0.29) is 40.7 Å². The summed E-state index contributed by atoms with van der Waals surface area (Å²) in [5, 5.41) is 20.9. The molecule has 4 heteroatoms. The summed E-state index contributed by atoms with van der Waals surface area (Å²) in [6.07, 6.45) is 1.18. The normalized spacial score (nSPS) is 52.3. The second kappa shape index (κ2) is 3.95. The standard InChI is InChI=1S/C15H24O4/c1-14(2)11(17)4-5-15(3)9-7-19-13(18)8(9)6-10(16)12(14)15/h8-12,16-17H,4-7H2,1-3H3/t8-,9+,10+,11-,12-,15-/m1/s1. The average molecular weight is 268 g/mol. The number of hydrogen-bond donors (Lipinski definition) is 2. The highest BCUT2D eigenvalue weighted by molar-refractivity contribution is 5.75. The lowest BCUT2D eigenvalue weighted by molar-refractivity contribution is -0.189. The largest absolute Gasteiger partial charge is 0.465 e. The summed E-state index contributed by atoms with van der Waals surface area (Å²) in [5.74, 6) is -0.0744. The minimum absolute atomic E-state index is 0.0273. The summed E-state index contributed by atoms with van der Waals surface area (Å²) in [7, 11) is 0. The van der Waals surface area contributed by atoms with Gasteiger partial charge in [-0.1, -0.05) is 20.8 Å². The summed E-state index contributed by atoms with van der Waals surface area (Å²) in [5.41, 5.74) is -0.430. The second-order valence-electron chi connectivity index (χ2n) is 7.51. The van der Waals surface area contributed by atoms with Crippen molar-refractivity contribution in [2.45, 2.75) is 52.2 Å². The molecule has 3 aliphatic rings. The molecule has 4 nitrogen and oxygen atoms in total. The molecule has 1 aliphatic heterocycles. The lowest BCUT2D eigenvalue weighted by Gasteiger charge is -2.60. The highest BCUT2D eigenvalue weighted by atomic mass is 16.5. The number of cyclic esters (lactones) is 1. The van der Waals surface area contributed by atoms with Crippen molar-refractivity contribution in [3.63, 3.8) is 0 Å². The first-order valence-corrected chi connectivity index (χ1v) is 7.31. The maximum Gasteiger partial charge on any atom is 0.309 e. The zero-order chi connectivity index (χ0) is 14.0. The van der Waals surface area contributed by atoms with Crippen LogP contribution in [0.4, 0.5) is 0 Å². The first-order chi connectivity index (χ1) is 8.78. The highest BCUT2D eigenvalue weighted by Crippen LogP contribution is 2.62. The van der Waals surface area contributed by atoms with E-state index in [4.69, 9.17) is 4.74 Å². The van der Waals surface area contributed by atoms with Crippen LogP contribution in [0.15, 0.2) is 0 Å². The SMILES string of the molecule is CC1(C)[C@H](O)CC[C@@]2(C)[C@@H]1[C@@H](O)C[C@H]1C(=O)OC[C@@H]12. The van der Waals surface area contributed by atoms with Crippen LogP contribution in [0.1, 0.15) is 40.0 Å². The van der Waals surface area contributed by atoms with Crippen molar-refractivity contribution >= 4 is 5.97 Å². The van der Waals surface area contributed by atoms with Gasteiger partial charge in [0.05, 0.1) is 24.7 Å². The molecular formula is C15H24O4. The molecule has 6 atom stereocenters. The number of carbonyl (C=O) groups is 1. The number of hydrogen-bond acceptors (Lipinski definition) is 4. The van der Waals surface area contributed by atoms with Gasteiger partial charge >= 0.3 is 5.97 Å². The molecule has 3 fully saturated rings. The molecule has 2 N–H and O–H groups in total. The van der Waals surface area contributed by atoms with Crippen LogP contribution in [0.3, 0.4) is 0 Å². The van der Waals surface area contributed by atoms with Crippen LogP contribution >= 0.6 is 0 Å². The van der Waals surface area contributed by atoms with Crippen molar-refractivity contribution in [1.82, 2.24) is 0 Å². The van der Waals surface area contributed by atoms with Gasteiger partial charge in [-0.2, -0.15) is 0 Å². The molecule has 1 heterocycles. The van der Waals surface area contributed by atoms with Crippen LogP contribution in [0.5, 0.6) is 0 Å². The molecule has 2 saturated carbocycles. The Morgan fingerprint density at radius 3 is 2.63 bits per heavy atom. The number of fused-ring (bicyclic) bond motifs is 3. The monoisotopic (exact) mass is 268 g/mol. The smallest absolute Gasteiger partial charge is 0.309 e. The highest BCUT2D eigenvalue weighted by Gasteiger charge is 2.63. The minimum atomic E-state index is -0.526. The molecule has 108 valence electrons. The van der Waals surface area contributed by atoms with Gasteiger partial charge in [-0.05, 0) is 36.0 Å². The fourth-order valence-electron chi connectivity index (χ4n) is 5.25. The topological polar surface area (TPSA) is 66.8 Å². The number of carbonyl (C=O) groups excluding carboxylic acids is 1. The van der Waals surface area contributed by atoms with Gasteiger partial charge in [-0.3, -0.25) is 4.79 Å². The predicted molar refractivity (Wildman–Crippen MR) is 69.2 cm³/mol. The van der Waals surface area contributed by atoms with Gasteiger partial charge in [-0.15, -0.1) is 0 Å². The molecule has 0 radical (unpaired) electrons. The fraction of sp³-hybridized carbons (Fsp3) is 0.933. The van der Waals surface area contributed by atoms with E-state index < -0.39 is 6.10 Å². The lowest BCUT2D eigenvalue weighted by Crippen LogP contribution is -2.61. The van der Waals surface area contributed by atoms with Crippen molar-refractivity contribution in [2.24, 2.45) is 28.6 Å². The summed E-state index contributed by atoms with van der Waals surface area (Å²) in [6.45, 7) is 6.74. The van der Waals surface area contributed by atoms with E-state index in [1.54, 1.807) is 0 Å². The van der Waals surface area contributed by atoms with Crippen molar-refractivity contribution < 1.29 is 19.7 Å². The van der Waals surface area contributed by atoms with Gasteiger partial charge in [0.15, 0.2) is 0 Å². The maximum absolute atomic E-state index is 11.8. The summed E-state index contributed by atoms with van der Waals surface area (Å²) in [4.78, 5) is 11.8. The molecule has 0 unspecified atom stereocenters. The molecule has 0 amide bonds. The Morgan fingerprint density at radius 1 is 1.26 bits per heavy atom. The number of ether oxygens (including phenoxy) is 1. The van der Waals surface area contributed by atoms with E-state index in [9.17, 15) is 15.0 Å². The molecular weight excluding hydrogens is 244 g/mol. The second-order valence-corrected chi connectivity index (χ2v) is 7.51. The lowest BCUT2D eigenvalue weighted by atomic mass is 9.45. The number of aliphatic hydroxyl groups is 2. The molecule has 2 aliphatic carbocycles. The quantitative estimate of drug-likeness (QED) is 0.651. The molecule has 0 aromatic carbocycles. The molecule has 0 spiro atoms. The van der Waals surface area contributed by atoms with Crippen molar-refractivity contribution in [2.75, 3.05) is 6.61 Å². The minimum Gasteiger partial charge on any atom is -0.465 e. The summed E-state index contributed by atoms with van der Waals surface area (Å²) < 4.78 is 5.24. The van der Waals surface area contributed by atoms with Gasteiger partial charge in [-0.25, -0.2) is 0 Å². The molecule has 0 bridgehead atoms. The predicted octanol–water partition coefficient (Wildman–Crippen LogP) is 1.34. The first kappa shape index (κ1) is 13.4. The Labute approximate surface area is 114 Å². The Morgan fingerprint density at radius 2 is 1.95 bits per heavy atom. The summed E-state index contributed by atoms with van der Waals surface area (Å²) in [6, 6.07) is 0. The van der Waals surface area contributed by atoms with Gasteiger partial charge < -0.3 is 14.9 Å². The third-order valence-corrected chi connectivity index (χ3v) is 6.25. The zero-order valence-electron chi connectivity index (χ0n) is 11.9. The van der Waals surface area contributed by atoms with Crippen LogP contribution in [0.2, 0.25) is 0 Å². The van der Waals surface area contributed by atoms with Crippen LogP contribution in [0.25, 0.3) is 0 Å². The fourth-order valence-corrected chi connectivity index (χ4v) is 5.25. The average Bonchev–Trinajstić information content (AvgIpc) is 2.67. The Hall–Kier alpha value is -0.610. The molecule has 1 saturated heterocycles. The summed E-state index contributed by atoms with van der Waals surface area (Å²) >= 11 is 0. The van der Waals surface area contributed by atoms with Gasteiger partial charge in [0.25, 0.3) is 0 Å². The van der Waals surface area contributed by atoms with E-state index in [1.165, 1.54) is 0 Å². The van der Waals surface area contributed by atoms with Crippen LogP contribution < -0.4 is 0 Å². The Bertz CT molecular complexity index is 405. The van der Waals surface area contributed by atoms with E-state index in [0.717, 1.165) is 12.8 Å². The van der Waals surface area contributed by atoms with Gasteiger partial charge in [0, 0.05) is 5.92 Å². The molecule has 3 rings (SSSR count). The van der Waals surface area contributed by atoms with Crippen molar-refractivity contribution in [1.29, 1.82) is 0 Å². The van der Waals surface area contributed by atoms with Crippen molar-refractivity contribution in [3.05, 3.63) is 0 Å². The molecule has 0 aromatic heterocycles. The third-order valence-electron chi connectivity index (χ3n) is 6.25. The van der Waals surface area contributed by atoms with E-state index in [2.05, 4.69) is 6.92 Å². The first-order valence-electron chi connectivity index (χ1n) is 7.31. The third kappa shape index (κ3) is 1.62. The van der Waals surface area contributed by atoms with Crippen LogP contribution in [-0.4, -0.2) is 35.0 Å². The van der Waals surface area contributed by atoms with E-state index >= 15 is 0 Å². The van der Waals surface area contributed by atoms with Gasteiger partial charge in [0.2, 0.25) is 0 Å². The Balaban J connectivity index is 2.02. The number of aliphatic hydroxyl groups excluding tert-OH is 2. The van der Waals surface area contributed by atoms with E-state index in [1.807, 2.05) is 13.8 Å². The Kier molecular flexibility index (Phi) is 2.78. The van der Waals surface area contributed by atoms with Crippen molar-refractivity contribution in [3.8, 4) is 0 Å². The maximum atomic E-state index is 11.8. The number of esters is 1. The molecule has 0 aromatic rings. The van der Waals surface area contributed by atoms with Crippen LogP contribution in [0, 0.1) is 28.6 Å². The van der Waals surface area contributed by atoms with Crippen LogP contribution in [-0.2, 0) is 9.53 Å². The van der Waals surface area contributed by atoms with Gasteiger partial charge in [0.1, 0.15) is 0 Å².